The first-order chi connectivity index (χ1) is 12.8. The van der Waals surface area contributed by atoms with Gasteiger partial charge in [-0.1, -0.05) is 0 Å². The summed E-state index contributed by atoms with van der Waals surface area (Å²) in [4.78, 5) is 4.73. The standard InChI is InChI=1S/C20H35N7/c1-8-21-20(22-10-9-11-27-16(4)12-15(3)24-27)23-14(2)13-19-17(5)25-26(7)18(19)6/h12,14H,8-11,13H2,1-7H3,(H2,21,22,23). The van der Waals surface area contributed by atoms with Crippen molar-refractivity contribution in [2.75, 3.05) is 13.1 Å². The zero-order valence-corrected chi connectivity index (χ0v) is 17.9. The van der Waals surface area contributed by atoms with Gasteiger partial charge in [0.1, 0.15) is 0 Å². The molecule has 2 aromatic heterocycles. The minimum atomic E-state index is 0.278. The molecule has 0 fully saturated rings. The molecule has 27 heavy (non-hydrogen) atoms. The summed E-state index contributed by atoms with van der Waals surface area (Å²) < 4.78 is 4.01. The van der Waals surface area contributed by atoms with Gasteiger partial charge in [0.05, 0.1) is 11.4 Å². The summed E-state index contributed by atoms with van der Waals surface area (Å²) >= 11 is 0. The lowest BCUT2D eigenvalue weighted by Gasteiger charge is -2.18. The number of hydrogen-bond donors (Lipinski definition) is 2. The van der Waals surface area contributed by atoms with Gasteiger partial charge >= 0.3 is 0 Å². The van der Waals surface area contributed by atoms with Crippen molar-refractivity contribution in [1.29, 1.82) is 0 Å². The van der Waals surface area contributed by atoms with E-state index < -0.39 is 0 Å². The van der Waals surface area contributed by atoms with E-state index in [1.807, 2.05) is 18.7 Å². The van der Waals surface area contributed by atoms with Crippen LogP contribution in [0, 0.1) is 27.7 Å². The van der Waals surface area contributed by atoms with Crippen LogP contribution in [-0.4, -0.2) is 44.7 Å². The van der Waals surface area contributed by atoms with Crippen molar-refractivity contribution in [3.63, 3.8) is 0 Å². The fourth-order valence-corrected chi connectivity index (χ4v) is 3.34. The molecule has 0 aliphatic rings. The highest BCUT2D eigenvalue weighted by Gasteiger charge is 2.14. The zero-order chi connectivity index (χ0) is 20.0. The monoisotopic (exact) mass is 373 g/mol. The quantitative estimate of drug-likeness (QED) is 0.423. The molecular formula is C20H35N7. The first kappa shape index (κ1) is 21.0. The second kappa shape index (κ2) is 9.58. The molecular weight excluding hydrogens is 338 g/mol. The molecule has 0 spiro atoms. The molecule has 2 rings (SSSR count). The Hall–Kier alpha value is -2.31. The van der Waals surface area contributed by atoms with Gasteiger partial charge in [-0.2, -0.15) is 10.2 Å². The molecule has 7 heteroatoms. The Balaban J connectivity index is 1.89. The molecule has 1 atom stereocenters. The summed E-state index contributed by atoms with van der Waals surface area (Å²) in [6.07, 6.45) is 1.90. The molecule has 0 radical (unpaired) electrons. The molecule has 150 valence electrons. The summed E-state index contributed by atoms with van der Waals surface area (Å²) in [5.74, 6) is 0.873. The number of nitrogens with one attached hydrogen (secondary N) is 2. The van der Waals surface area contributed by atoms with E-state index >= 15 is 0 Å². The lowest BCUT2D eigenvalue weighted by atomic mass is 10.1. The zero-order valence-electron chi connectivity index (χ0n) is 17.9. The van der Waals surface area contributed by atoms with Crippen LogP contribution in [0.4, 0.5) is 0 Å². The molecule has 0 amide bonds. The van der Waals surface area contributed by atoms with Gasteiger partial charge in [-0.25, -0.2) is 0 Å². The van der Waals surface area contributed by atoms with Crippen LogP contribution in [-0.2, 0) is 20.0 Å². The van der Waals surface area contributed by atoms with Gasteiger partial charge in [0.15, 0.2) is 5.96 Å². The fourth-order valence-electron chi connectivity index (χ4n) is 3.34. The molecule has 0 aromatic carbocycles. The van der Waals surface area contributed by atoms with Crippen LogP contribution in [0.3, 0.4) is 0 Å². The van der Waals surface area contributed by atoms with Gasteiger partial charge < -0.3 is 10.6 Å². The average Bonchev–Trinajstić information content (AvgIpc) is 3.04. The summed E-state index contributed by atoms with van der Waals surface area (Å²) in [7, 11) is 2.00. The third-order valence-electron chi connectivity index (χ3n) is 4.80. The minimum Gasteiger partial charge on any atom is -0.357 e. The van der Waals surface area contributed by atoms with Crippen molar-refractivity contribution in [2.45, 2.75) is 67.0 Å². The van der Waals surface area contributed by atoms with Crippen molar-refractivity contribution in [3.05, 3.63) is 34.4 Å². The van der Waals surface area contributed by atoms with Crippen molar-refractivity contribution in [1.82, 2.24) is 30.2 Å². The Bertz CT molecular complexity index is 770. The van der Waals surface area contributed by atoms with E-state index in [2.05, 4.69) is 66.2 Å². The van der Waals surface area contributed by atoms with Crippen molar-refractivity contribution >= 4 is 5.96 Å². The Labute approximate surface area is 163 Å². The molecule has 1 unspecified atom stereocenters. The van der Waals surface area contributed by atoms with Crippen LogP contribution in [0.15, 0.2) is 11.1 Å². The molecule has 0 bridgehead atoms. The topological polar surface area (TPSA) is 72.1 Å². The van der Waals surface area contributed by atoms with E-state index in [1.165, 1.54) is 17.0 Å². The summed E-state index contributed by atoms with van der Waals surface area (Å²) in [5, 5.41) is 15.9. The van der Waals surface area contributed by atoms with Crippen LogP contribution in [0.2, 0.25) is 0 Å². The van der Waals surface area contributed by atoms with E-state index in [0.29, 0.717) is 0 Å². The van der Waals surface area contributed by atoms with E-state index in [1.54, 1.807) is 0 Å². The fraction of sp³-hybridized carbons (Fsp3) is 0.650. The van der Waals surface area contributed by atoms with Gasteiger partial charge in [0, 0.05) is 44.1 Å². The van der Waals surface area contributed by atoms with Crippen LogP contribution in [0.5, 0.6) is 0 Å². The van der Waals surface area contributed by atoms with Gasteiger partial charge in [0.2, 0.25) is 0 Å². The van der Waals surface area contributed by atoms with Crippen LogP contribution in [0.25, 0.3) is 0 Å². The third-order valence-corrected chi connectivity index (χ3v) is 4.80. The Morgan fingerprint density at radius 2 is 1.96 bits per heavy atom. The highest BCUT2D eigenvalue weighted by molar-refractivity contribution is 5.80. The second-order valence-electron chi connectivity index (χ2n) is 7.29. The second-order valence-corrected chi connectivity index (χ2v) is 7.29. The number of hydrogen-bond acceptors (Lipinski definition) is 3. The van der Waals surface area contributed by atoms with Crippen molar-refractivity contribution in [3.8, 4) is 0 Å². The first-order valence-electron chi connectivity index (χ1n) is 9.86. The molecule has 2 N–H and O–H groups in total. The normalized spacial score (nSPS) is 13.1. The average molecular weight is 374 g/mol. The van der Waals surface area contributed by atoms with Gasteiger partial charge in [-0.05, 0) is 66.0 Å². The molecule has 0 aliphatic heterocycles. The Kier molecular flexibility index (Phi) is 7.45. The lowest BCUT2D eigenvalue weighted by Crippen LogP contribution is -2.43. The van der Waals surface area contributed by atoms with Crippen LogP contribution < -0.4 is 10.6 Å². The predicted octanol–water partition coefficient (Wildman–Crippen LogP) is 2.43. The number of nitrogens with zero attached hydrogens (tertiary/aromatic N) is 5. The van der Waals surface area contributed by atoms with Crippen LogP contribution in [0.1, 0.15) is 48.6 Å². The van der Waals surface area contributed by atoms with Gasteiger partial charge in [-0.15, -0.1) is 0 Å². The molecule has 0 saturated heterocycles. The lowest BCUT2D eigenvalue weighted by molar-refractivity contribution is 0.565. The molecule has 2 heterocycles. The van der Waals surface area contributed by atoms with Crippen LogP contribution >= 0.6 is 0 Å². The highest BCUT2D eigenvalue weighted by Crippen LogP contribution is 2.14. The maximum Gasteiger partial charge on any atom is 0.191 e. The number of aryl methyl sites for hydroxylation is 5. The van der Waals surface area contributed by atoms with E-state index in [-0.39, 0.29) is 6.04 Å². The number of aliphatic imine (C=N–C) groups is 1. The summed E-state index contributed by atoms with van der Waals surface area (Å²) in [5.41, 5.74) is 5.93. The van der Waals surface area contributed by atoms with E-state index in [9.17, 15) is 0 Å². The maximum atomic E-state index is 4.73. The molecule has 2 aromatic rings. The molecule has 7 nitrogen and oxygen atoms in total. The number of aromatic nitrogens is 4. The molecule has 0 aliphatic carbocycles. The number of guanidine groups is 1. The van der Waals surface area contributed by atoms with Crippen molar-refractivity contribution in [2.24, 2.45) is 12.0 Å². The SMILES string of the molecule is CCNC(=NCCCn1nc(C)cc1C)NC(C)Cc1c(C)nn(C)c1C. The van der Waals surface area contributed by atoms with E-state index in [0.717, 1.165) is 49.8 Å². The smallest absolute Gasteiger partial charge is 0.191 e. The van der Waals surface area contributed by atoms with Gasteiger partial charge in [0.25, 0.3) is 0 Å². The predicted molar refractivity (Wildman–Crippen MR) is 111 cm³/mol. The first-order valence-corrected chi connectivity index (χ1v) is 9.86. The largest absolute Gasteiger partial charge is 0.357 e. The maximum absolute atomic E-state index is 4.73. The Morgan fingerprint density at radius 3 is 2.52 bits per heavy atom. The molecule has 0 saturated carbocycles. The minimum absolute atomic E-state index is 0.278. The third kappa shape index (κ3) is 5.84. The Morgan fingerprint density at radius 1 is 1.22 bits per heavy atom. The highest BCUT2D eigenvalue weighted by atomic mass is 15.3. The summed E-state index contributed by atoms with van der Waals surface area (Å²) in [6, 6.07) is 2.39. The summed E-state index contributed by atoms with van der Waals surface area (Å²) in [6.45, 7) is 15.1. The van der Waals surface area contributed by atoms with Gasteiger partial charge in [-0.3, -0.25) is 14.4 Å². The van der Waals surface area contributed by atoms with E-state index in [4.69, 9.17) is 4.99 Å². The number of rotatable bonds is 8. The van der Waals surface area contributed by atoms with Crippen molar-refractivity contribution < 1.29 is 0 Å².